The first-order valence-electron chi connectivity index (χ1n) is 7.55. The quantitative estimate of drug-likeness (QED) is 0.821. The first-order chi connectivity index (χ1) is 11.1. The summed E-state index contributed by atoms with van der Waals surface area (Å²) in [5.74, 6) is -2.26. The van der Waals surface area contributed by atoms with E-state index in [4.69, 9.17) is 14.6 Å². The van der Waals surface area contributed by atoms with Gasteiger partial charge in [-0.05, 0) is 30.5 Å². The molecule has 1 aromatic rings. The molecular formula is C17H20F3NO3. The number of alkyl halides is 3. The zero-order chi connectivity index (χ0) is 18.1. The molecule has 0 aliphatic carbocycles. The smallest absolute Gasteiger partial charge is 0.475 e. The number of hydrogen-bond donors (Lipinski definition) is 2. The number of carboxylic acid groups (broad SMARTS) is 1. The zero-order valence-corrected chi connectivity index (χ0v) is 13.5. The third-order valence-electron chi connectivity index (χ3n) is 4.30. The minimum absolute atomic E-state index is 0.345. The van der Waals surface area contributed by atoms with E-state index in [2.05, 4.69) is 43.9 Å². The number of carbonyl (C=O) groups is 1. The van der Waals surface area contributed by atoms with Crippen LogP contribution in [0.1, 0.15) is 36.5 Å². The molecule has 1 aromatic carbocycles. The molecule has 1 fully saturated rings. The lowest BCUT2D eigenvalue weighted by atomic mass is 9.83. The van der Waals surface area contributed by atoms with E-state index in [-0.39, 0.29) is 0 Å². The van der Waals surface area contributed by atoms with E-state index >= 15 is 0 Å². The maximum absolute atomic E-state index is 10.6. The minimum atomic E-state index is -5.08. The maximum Gasteiger partial charge on any atom is 0.490 e. The molecule has 0 bridgehead atoms. The first kappa shape index (κ1) is 18.5. The van der Waals surface area contributed by atoms with E-state index in [0.717, 1.165) is 18.7 Å². The Morgan fingerprint density at radius 3 is 2.58 bits per heavy atom. The van der Waals surface area contributed by atoms with E-state index in [1.807, 2.05) is 0 Å². The van der Waals surface area contributed by atoms with Crippen molar-refractivity contribution in [3.05, 3.63) is 41.5 Å². The molecule has 0 aromatic heterocycles. The van der Waals surface area contributed by atoms with Crippen molar-refractivity contribution < 1.29 is 27.8 Å². The van der Waals surface area contributed by atoms with Gasteiger partial charge in [-0.2, -0.15) is 13.2 Å². The predicted octanol–water partition coefficient (Wildman–Crippen LogP) is 3.33. The molecule has 2 heterocycles. The number of ether oxygens (including phenoxy) is 1. The number of aliphatic carboxylic acids is 1. The van der Waals surface area contributed by atoms with Gasteiger partial charge in [0.25, 0.3) is 0 Å². The number of rotatable bonds is 1. The summed E-state index contributed by atoms with van der Waals surface area (Å²) >= 11 is 0. The Kier molecular flexibility index (Phi) is 5.35. The molecule has 0 spiro atoms. The van der Waals surface area contributed by atoms with Gasteiger partial charge >= 0.3 is 12.1 Å². The highest BCUT2D eigenvalue weighted by Crippen LogP contribution is 2.39. The molecule has 0 radical (unpaired) electrons. The third kappa shape index (κ3) is 3.79. The summed E-state index contributed by atoms with van der Waals surface area (Å²) in [7, 11) is 0. The Hall–Kier alpha value is -1.86. The predicted molar refractivity (Wildman–Crippen MR) is 83.6 cm³/mol. The van der Waals surface area contributed by atoms with Crippen molar-refractivity contribution in [2.45, 2.75) is 44.7 Å². The van der Waals surface area contributed by atoms with Crippen molar-refractivity contribution in [1.82, 2.24) is 5.32 Å². The largest absolute Gasteiger partial charge is 0.490 e. The molecular weight excluding hydrogens is 323 g/mol. The van der Waals surface area contributed by atoms with E-state index in [1.165, 1.54) is 16.7 Å². The Bertz CT molecular complexity index is 642. The van der Waals surface area contributed by atoms with Crippen molar-refractivity contribution in [3.63, 3.8) is 0 Å². The van der Waals surface area contributed by atoms with Crippen LogP contribution < -0.4 is 5.32 Å². The fourth-order valence-electron chi connectivity index (χ4n) is 3.18. The van der Waals surface area contributed by atoms with Gasteiger partial charge in [0.05, 0.1) is 12.7 Å². The number of nitrogens with one attached hydrogen (secondary N) is 1. The van der Waals surface area contributed by atoms with Gasteiger partial charge in [-0.3, -0.25) is 0 Å². The fraction of sp³-hybridized carbons (Fsp3) is 0.471. The summed E-state index contributed by atoms with van der Waals surface area (Å²) in [5, 5.41) is 10.6. The monoisotopic (exact) mass is 343 g/mol. The first-order valence-corrected chi connectivity index (χ1v) is 7.55. The normalized spacial score (nSPS) is 25.1. The van der Waals surface area contributed by atoms with Gasteiger partial charge in [-0.15, -0.1) is 0 Å². The molecule has 24 heavy (non-hydrogen) atoms. The molecule has 1 saturated heterocycles. The number of benzene rings is 1. The molecule has 2 aliphatic heterocycles. The van der Waals surface area contributed by atoms with Crippen molar-refractivity contribution in [3.8, 4) is 0 Å². The van der Waals surface area contributed by atoms with Crippen LogP contribution in [0.3, 0.4) is 0 Å². The highest BCUT2D eigenvalue weighted by Gasteiger charge is 2.39. The van der Waals surface area contributed by atoms with Crippen LogP contribution in [0.15, 0.2) is 24.8 Å². The van der Waals surface area contributed by atoms with Crippen LogP contribution in [0, 0.1) is 0 Å². The molecule has 132 valence electrons. The van der Waals surface area contributed by atoms with Crippen molar-refractivity contribution in [2.24, 2.45) is 0 Å². The topological polar surface area (TPSA) is 58.6 Å². The van der Waals surface area contributed by atoms with Crippen LogP contribution in [0.2, 0.25) is 0 Å². The second-order valence-corrected chi connectivity index (χ2v) is 6.03. The summed E-state index contributed by atoms with van der Waals surface area (Å²) in [6, 6.07) is 7.05. The summed E-state index contributed by atoms with van der Waals surface area (Å²) < 4.78 is 37.7. The van der Waals surface area contributed by atoms with E-state index in [0.29, 0.717) is 18.1 Å². The second-order valence-electron chi connectivity index (χ2n) is 6.03. The lowest BCUT2D eigenvalue weighted by Gasteiger charge is -2.31. The molecule has 2 N–H and O–H groups in total. The van der Waals surface area contributed by atoms with Crippen molar-refractivity contribution >= 4 is 11.5 Å². The average Bonchev–Trinajstić information content (AvgIpc) is 2.88. The van der Waals surface area contributed by atoms with E-state index in [9.17, 15) is 13.2 Å². The highest BCUT2D eigenvalue weighted by molar-refractivity contribution is 5.73. The molecule has 3 atom stereocenters. The summed E-state index contributed by atoms with van der Waals surface area (Å²) in [4.78, 5) is 8.90. The highest BCUT2D eigenvalue weighted by atomic mass is 19.4. The van der Waals surface area contributed by atoms with Crippen LogP contribution in [-0.4, -0.2) is 35.9 Å². The van der Waals surface area contributed by atoms with Crippen LogP contribution in [0.25, 0.3) is 5.57 Å². The number of allylic oxidation sites excluding steroid dienone is 1. The van der Waals surface area contributed by atoms with Crippen LogP contribution >= 0.6 is 0 Å². The summed E-state index contributed by atoms with van der Waals surface area (Å²) in [6.07, 6.45) is -4.74. The van der Waals surface area contributed by atoms with Crippen molar-refractivity contribution in [2.75, 3.05) is 6.54 Å². The van der Waals surface area contributed by atoms with Gasteiger partial charge in [0.1, 0.15) is 0 Å². The molecule has 3 rings (SSSR count). The summed E-state index contributed by atoms with van der Waals surface area (Å²) in [6.45, 7) is 10.1. The Morgan fingerprint density at radius 2 is 2.04 bits per heavy atom. The SMILES string of the molecule is C=C(C)c1cccc2c1COC1CNC(C)C21.O=C(O)C(F)(F)F. The lowest BCUT2D eigenvalue weighted by Crippen LogP contribution is -2.29. The number of carboxylic acids is 1. The van der Waals surface area contributed by atoms with Gasteiger partial charge in [-0.25, -0.2) is 4.79 Å². The summed E-state index contributed by atoms with van der Waals surface area (Å²) in [5.41, 5.74) is 5.19. The average molecular weight is 343 g/mol. The second kappa shape index (κ2) is 6.94. The standard InChI is InChI=1S/C15H19NO.C2HF3O2/c1-9(2)11-5-4-6-12-13(11)8-17-14-7-16-10(3)15(12)14;3-2(4,5)1(6)7/h4-6,10,14-16H,1,7-8H2,2-3H3;(H,6,7). The molecule has 7 heteroatoms. The van der Waals surface area contributed by atoms with Crippen molar-refractivity contribution in [1.29, 1.82) is 0 Å². The van der Waals surface area contributed by atoms with Gasteiger partial charge < -0.3 is 15.2 Å². The Balaban J connectivity index is 0.000000256. The Labute approximate surface area is 138 Å². The van der Waals surface area contributed by atoms with Gasteiger partial charge in [0, 0.05) is 18.5 Å². The van der Waals surface area contributed by atoms with E-state index < -0.39 is 12.1 Å². The zero-order valence-electron chi connectivity index (χ0n) is 13.5. The fourth-order valence-corrected chi connectivity index (χ4v) is 3.18. The van der Waals surface area contributed by atoms with Crippen LogP contribution in [0.5, 0.6) is 0 Å². The molecule has 0 amide bonds. The van der Waals surface area contributed by atoms with Crippen LogP contribution in [0.4, 0.5) is 13.2 Å². The van der Waals surface area contributed by atoms with Crippen LogP contribution in [-0.2, 0) is 16.1 Å². The molecule has 0 saturated carbocycles. The Morgan fingerprint density at radius 1 is 1.42 bits per heavy atom. The number of halogens is 3. The molecule has 3 unspecified atom stereocenters. The van der Waals surface area contributed by atoms with Gasteiger partial charge in [0.15, 0.2) is 0 Å². The molecule has 2 aliphatic rings. The third-order valence-corrected chi connectivity index (χ3v) is 4.30. The lowest BCUT2D eigenvalue weighted by molar-refractivity contribution is -0.192. The number of fused-ring (bicyclic) bond motifs is 3. The van der Waals surface area contributed by atoms with Gasteiger partial charge in [0.2, 0.25) is 0 Å². The molecule has 4 nitrogen and oxygen atoms in total. The minimum Gasteiger partial charge on any atom is -0.475 e. The number of hydrogen-bond acceptors (Lipinski definition) is 3. The van der Waals surface area contributed by atoms with E-state index in [1.54, 1.807) is 0 Å². The maximum atomic E-state index is 10.6. The van der Waals surface area contributed by atoms with Gasteiger partial charge in [-0.1, -0.05) is 30.4 Å².